The zero-order chi connectivity index (χ0) is 13.7. The van der Waals surface area contributed by atoms with Crippen molar-refractivity contribution in [1.29, 1.82) is 0 Å². The number of rotatable bonds is 5. The molecule has 1 heterocycles. The summed E-state index contributed by atoms with van der Waals surface area (Å²) in [6.45, 7) is 2.51. The highest BCUT2D eigenvalue weighted by atomic mass is 79.9. The molecule has 0 saturated carbocycles. The van der Waals surface area contributed by atoms with E-state index in [4.69, 9.17) is 4.74 Å². The first-order valence-electron chi connectivity index (χ1n) is 6.19. The number of pyridine rings is 1. The Morgan fingerprint density at radius 2 is 2.16 bits per heavy atom. The fourth-order valence-corrected chi connectivity index (χ4v) is 2.32. The number of aromatic nitrogens is 1. The van der Waals surface area contributed by atoms with Crippen molar-refractivity contribution in [2.75, 3.05) is 6.61 Å². The molecule has 0 fully saturated rings. The van der Waals surface area contributed by atoms with Crippen LogP contribution in [-0.2, 0) is 6.42 Å². The van der Waals surface area contributed by atoms with Crippen LogP contribution in [0.5, 0.6) is 5.75 Å². The summed E-state index contributed by atoms with van der Waals surface area (Å²) < 4.78 is 6.40. The lowest BCUT2D eigenvalue weighted by molar-refractivity contribution is 0.177. The minimum Gasteiger partial charge on any atom is -0.492 e. The Balaban J connectivity index is 2.11. The van der Waals surface area contributed by atoms with Gasteiger partial charge in [-0.25, -0.2) is 0 Å². The van der Waals surface area contributed by atoms with Crippen molar-refractivity contribution >= 4 is 15.9 Å². The molecule has 0 saturated heterocycles. The number of nitrogens with zero attached hydrogens (tertiary/aromatic N) is 1. The van der Waals surface area contributed by atoms with Gasteiger partial charge in [-0.05, 0) is 30.7 Å². The highest BCUT2D eigenvalue weighted by Crippen LogP contribution is 2.22. The van der Waals surface area contributed by atoms with Crippen molar-refractivity contribution in [2.45, 2.75) is 19.4 Å². The van der Waals surface area contributed by atoms with Crippen LogP contribution < -0.4 is 4.74 Å². The van der Waals surface area contributed by atoms with E-state index in [1.165, 1.54) is 0 Å². The highest BCUT2D eigenvalue weighted by Gasteiger charge is 2.10. The Labute approximate surface area is 121 Å². The lowest BCUT2D eigenvalue weighted by Gasteiger charge is -2.12. The number of aliphatic hydroxyl groups is 1. The number of aliphatic hydroxyl groups excluding tert-OH is 1. The van der Waals surface area contributed by atoms with Crippen LogP contribution >= 0.6 is 15.9 Å². The summed E-state index contributed by atoms with van der Waals surface area (Å²) in [7, 11) is 0. The smallest absolute Gasteiger partial charge is 0.137 e. The van der Waals surface area contributed by atoms with Gasteiger partial charge in [0.1, 0.15) is 5.75 Å². The monoisotopic (exact) mass is 321 g/mol. The van der Waals surface area contributed by atoms with E-state index in [0.29, 0.717) is 18.8 Å². The van der Waals surface area contributed by atoms with E-state index >= 15 is 0 Å². The molecule has 1 unspecified atom stereocenters. The topological polar surface area (TPSA) is 42.4 Å². The maximum Gasteiger partial charge on any atom is 0.137 e. The summed E-state index contributed by atoms with van der Waals surface area (Å²) in [5, 5.41) is 10.2. The molecular formula is C15H16BrNO2. The van der Waals surface area contributed by atoms with E-state index < -0.39 is 6.10 Å². The Morgan fingerprint density at radius 3 is 2.89 bits per heavy atom. The molecule has 1 aromatic carbocycles. The standard InChI is InChI=1S/C15H16BrNO2/c1-2-19-14-8-12(9-17-10-14)15(18)7-11-4-3-5-13(16)6-11/h3-6,8-10,15,18H,2,7H2,1H3. The molecule has 4 heteroatoms. The minimum absolute atomic E-state index is 0.552. The van der Waals surface area contributed by atoms with Crippen LogP contribution in [0.15, 0.2) is 47.2 Å². The maximum absolute atomic E-state index is 10.2. The molecule has 0 aliphatic rings. The molecular weight excluding hydrogens is 306 g/mol. The summed E-state index contributed by atoms with van der Waals surface area (Å²) >= 11 is 3.43. The van der Waals surface area contributed by atoms with Crippen molar-refractivity contribution in [3.8, 4) is 5.75 Å². The largest absolute Gasteiger partial charge is 0.492 e. The van der Waals surface area contributed by atoms with Crippen molar-refractivity contribution in [3.05, 3.63) is 58.3 Å². The molecule has 0 aliphatic carbocycles. The van der Waals surface area contributed by atoms with Gasteiger partial charge in [0, 0.05) is 22.7 Å². The van der Waals surface area contributed by atoms with Crippen molar-refractivity contribution < 1.29 is 9.84 Å². The molecule has 0 aliphatic heterocycles. The van der Waals surface area contributed by atoms with Gasteiger partial charge in [0.05, 0.1) is 18.9 Å². The van der Waals surface area contributed by atoms with Crippen LogP contribution in [0.3, 0.4) is 0 Å². The Kier molecular flexibility index (Phi) is 4.93. The van der Waals surface area contributed by atoms with Gasteiger partial charge in [-0.3, -0.25) is 4.98 Å². The molecule has 19 heavy (non-hydrogen) atoms. The number of hydrogen-bond acceptors (Lipinski definition) is 3. The molecule has 0 bridgehead atoms. The quantitative estimate of drug-likeness (QED) is 0.916. The molecule has 1 atom stereocenters. The van der Waals surface area contributed by atoms with E-state index in [-0.39, 0.29) is 0 Å². The first-order chi connectivity index (χ1) is 9.19. The van der Waals surface area contributed by atoms with E-state index in [9.17, 15) is 5.11 Å². The Bertz CT molecular complexity index is 545. The normalized spacial score (nSPS) is 12.2. The lowest BCUT2D eigenvalue weighted by Crippen LogP contribution is -2.03. The number of ether oxygens (including phenoxy) is 1. The second-order valence-corrected chi connectivity index (χ2v) is 5.15. The van der Waals surface area contributed by atoms with Crippen LogP contribution in [0.1, 0.15) is 24.2 Å². The molecule has 1 aromatic heterocycles. The first-order valence-corrected chi connectivity index (χ1v) is 6.98. The average molecular weight is 322 g/mol. The second kappa shape index (κ2) is 6.68. The van der Waals surface area contributed by atoms with Gasteiger partial charge in [0.15, 0.2) is 0 Å². The molecule has 100 valence electrons. The van der Waals surface area contributed by atoms with E-state index in [1.54, 1.807) is 12.4 Å². The van der Waals surface area contributed by atoms with Gasteiger partial charge < -0.3 is 9.84 Å². The fourth-order valence-electron chi connectivity index (χ4n) is 1.87. The Hall–Kier alpha value is -1.39. The summed E-state index contributed by atoms with van der Waals surface area (Å²) in [4.78, 5) is 4.09. The SMILES string of the molecule is CCOc1cncc(C(O)Cc2cccc(Br)c2)c1. The molecule has 1 N–H and O–H groups in total. The zero-order valence-electron chi connectivity index (χ0n) is 10.7. The van der Waals surface area contributed by atoms with E-state index in [0.717, 1.165) is 15.6 Å². The maximum atomic E-state index is 10.2. The molecule has 2 aromatic rings. The van der Waals surface area contributed by atoms with Gasteiger partial charge in [-0.2, -0.15) is 0 Å². The zero-order valence-corrected chi connectivity index (χ0v) is 12.3. The van der Waals surface area contributed by atoms with Crippen molar-refractivity contribution in [1.82, 2.24) is 4.98 Å². The minimum atomic E-state index is -0.581. The van der Waals surface area contributed by atoms with E-state index in [1.807, 2.05) is 37.3 Å². The van der Waals surface area contributed by atoms with Gasteiger partial charge in [0.2, 0.25) is 0 Å². The van der Waals surface area contributed by atoms with Crippen LogP contribution in [0.4, 0.5) is 0 Å². The third-order valence-electron chi connectivity index (χ3n) is 2.75. The molecule has 0 amide bonds. The number of hydrogen-bond donors (Lipinski definition) is 1. The van der Waals surface area contributed by atoms with Crippen LogP contribution in [0, 0.1) is 0 Å². The van der Waals surface area contributed by atoms with Crippen LogP contribution in [0.25, 0.3) is 0 Å². The molecule has 3 nitrogen and oxygen atoms in total. The number of benzene rings is 1. The third-order valence-corrected chi connectivity index (χ3v) is 3.24. The second-order valence-electron chi connectivity index (χ2n) is 4.24. The Morgan fingerprint density at radius 1 is 1.32 bits per heavy atom. The molecule has 0 spiro atoms. The molecule has 0 radical (unpaired) electrons. The lowest BCUT2D eigenvalue weighted by atomic mass is 10.0. The summed E-state index contributed by atoms with van der Waals surface area (Å²) in [5.41, 5.74) is 1.84. The predicted molar refractivity (Wildman–Crippen MR) is 78.2 cm³/mol. The third kappa shape index (κ3) is 4.04. The first kappa shape index (κ1) is 14.0. The fraction of sp³-hybridized carbons (Fsp3) is 0.267. The summed E-state index contributed by atoms with van der Waals surface area (Å²) in [6, 6.07) is 9.75. The van der Waals surface area contributed by atoms with Gasteiger partial charge >= 0.3 is 0 Å². The van der Waals surface area contributed by atoms with Gasteiger partial charge in [0.25, 0.3) is 0 Å². The number of halogens is 1. The van der Waals surface area contributed by atoms with Crippen molar-refractivity contribution in [2.24, 2.45) is 0 Å². The van der Waals surface area contributed by atoms with Crippen LogP contribution in [0.2, 0.25) is 0 Å². The average Bonchev–Trinajstić information content (AvgIpc) is 2.39. The van der Waals surface area contributed by atoms with Gasteiger partial charge in [-0.1, -0.05) is 28.1 Å². The van der Waals surface area contributed by atoms with Crippen LogP contribution in [-0.4, -0.2) is 16.7 Å². The van der Waals surface area contributed by atoms with E-state index in [2.05, 4.69) is 20.9 Å². The predicted octanol–water partition coefficient (Wildman–Crippen LogP) is 3.52. The summed E-state index contributed by atoms with van der Waals surface area (Å²) in [5.74, 6) is 0.688. The summed E-state index contributed by atoms with van der Waals surface area (Å²) in [6.07, 6.45) is 3.29. The molecule has 2 rings (SSSR count). The highest BCUT2D eigenvalue weighted by molar-refractivity contribution is 9.10. The van der Waals surface area contributed by atoms with Crippen molar-refractivity contribution in [3.63, 3.8) is 0 Å². The van der Waals surface area contributed by atoms with Gasteiger partial charge in [-0.15, -0.1) is 0 Å².